The van der Waals surface area contributed by atoms with Gasteiger partial charge in [0.05, 0.1) is 12.7 Å². The van der Waals surface area contributed by atoms with E-state index in [2.05, 4.69) is 5.32 Å². The lowest BCUT2D eigenvalue weighted by molar-refractivity contribution is -0.123. The Morgan fingerprint density at radius 2 is 1.96 bits per heavy atom. The van der Waals surface area contributed by atoms with Crippen LogP contribution in [0.1, 0.15) is 17.3 Å². The van der Waals surface area contributed by atoms with Crippen LogP contribution in [0.2, 0.25) is 0 Å². The molecule has 1 N–H and O–H groups in total. The number of rotatable bonds is 5. The molecule has 142 valence electrons. The van der Waals surface area contributed by atoms with Gasteiger partial charge in [0.2, 0.25) is 5.75 Å². The van der Waals surface area contributed by atoms with E-state index in [0.717, 1.165) is 6.07 Å². The first-order chi connectivity index (χ1) is 13.0. The normalized spacial score (nSPS) is 13.4. The van der Waals surface area contributed by atoms with Crippen LogP contribution in [0.4, 0.5) is 10.1 Å². The van der Waals surface area contributed by atoms with Crippen molar-refractivity contribution >= 4 is 17.6 Å². The number of benzene rings is 2. The van der Waals surface area contributed by atoms with Crippen LogP contribution in [-0.2, 0) is 9.53 Å². The highest BCUT2D eigenvalue weighted by atomic mass is 19.1. The first-order valence-electron chi connectivity index (χ1n) is 8.23. The van der Waals surface area contributed by atoms with Crippen LogP contribution >= 0.6 is 0 Å². The summed E-state index contributed by atoms with van der Waals surface area (Å²) >= 11 is 0. The largest absolute Gasteiger partial charge is 0.493 e. The summed E-state index contributed by atoms with van der Waals surface area (Å²) in [5.41, 5.74) is 0.422. The van der Waals surface area contributed by atoms with Crippen molar-refractivity contribution in [1.82, 2.24) is 0 Å². The number of anilines is 1. The molecular weight excluding hydrogens is 357 g/mol. The van der Waals surface area contributed by atoms with Crippen LogP contribution in [0.25, 0.3) is 0 Å². The van der Waals surface area contributed by atoms with Crippen LogP contribution in [-0.4, -0.2) is 38.3 Å². The van der Waals surface area contributed by atoms with Crippen molar-refractivity contribution in [2.45, 2.75) is 13.0 Å². The summed E-state index contributed by atoms with van der Waals surface area (Å²) in [7, 11) is 1.44. The lowest BCUT2D eigenvalue weighted by Crippen LogP contribution is -2.30. The Labute approximate surface area is 155 Å². The first kappa shape index (κ1) is 18.5. The van der Waals surface area contributed by atoms with Crippen LogP contribution < -0.4 is 19.5 Å². The number of amides is 1. The molecule has 1 aliphatic heterocycles. The summed E-state index contributed by atoms with van der Waals surface area (Å²) < 4.78 is 34.6. The van der Waals surface area contributed by atoms with Crippen molar-refractivity contribution < 1.29 is 32.9 Å². The summed E-state index contributed by atoms with van der Waals surface area (Å²) in [5.74, 6) is -0.691. The zero-order valence-electron chi connectivity index (χ0n) is 14.8. The smallest absolute Gasteiger partial charge is 0.339 e. The minimum Gasteiger partial charge on any atom is -0.493 e. The van der Waals surface area contributed by atoms with Crippen molar-refractivity contribution in [3.8, 4) is 17.2 Å². The van der Waals surface area contributed by atoms with Crippen LogP contribution in [0, 0.1) is 5.82 Å². The van der Waals surface area contributed by atoms with E-state index in [0.29, 0.717) is 30.5 Å². The molecule has 3 rings (SSSR count). The predicted octanol–water partition coefficient (Wildman–Crippen LogP) is 2.79. The van der Waals surface area contributed by atoms with E-state index in [1.807, 2.05) is 0 Å². The molecule has 2 aromatic rings. The molecule has 1 heterocycles. The Morgan fingerprint density at radius 3 is 2.70 bits per heavy atom. The van der Waals surface area contributed by atoms with Gasteiger partial charge in [0, 0.05) is 5.69 Å². The number of ether oxygens (including phenoxy) is 4. The van der Waals surface area contributed by atoms with Gasteiger partial charge in [0.25, 0.3) is 5.91 Å². The second kappa shape index (κ2) is 7.94. The second-order valence-corrected chi connectivity index (χ2v) is 5.75. The maximum Gasteiger partial charge on any atom is 0.339 e. The lowest BCUT2D eigenvalue weighted by Gasteiger charge is -2.21. The van der Waals surface area contributed by atoms with Crippen molar-refractivity contribution in [2.75, 3.05) is 25.6 Å². The topological polar surface area (TPSA) is 83.1 Å². The highest BCUT2D eigenvalue weighted by Gasteiger charge is 2.24. The molecule has 0 aromatic heterocycles. The molecule has 8 heteroatoms. The Balaban J connectivity index is 1.70. The summed E-state index contributed by atoms with van der Waals surface area (Å²) in [5, 5.41) is 2.49. The number of esters is 1. The molecule has 0 fully saturated rings. The molecular formula is C19H18FNO6. The summed E-state index contributed by atoms with van der Waals surface area (Å²) in [4.78, 5) is 24.6. The second-order valence-electron chi connectivity index (χ2n) is 5.75. The molecule has 0 saturated carbocycles. The minimum atomic E-state index is -1.10. The molecule has 27 heavy (non-hydrogen) atoms. The Morgan fingerprint density at radius 1 is 1.19 bits per heavy atom. The van der Waals surface area contributed by atoms with Gasteiger partial charge in [-0.25, -0.2) is 9.18 Å². The zero-order valence-corrected chi connectivity index (χ0v) is 14.8. The van der Waals surface area contributed by atoms with Crippen LogP contribution in [0.15, 0.2) is 36.4 Å². The van der Waals surface area contributed by atoms with Gasteiger partial charge in [-0.1, -0.05) is 6.07 Å². The third-order valence-corrected chi connectivity index (χ3v) is 3.81. The predicted molar refractivity (Wildman–Crippen MR) is 93.9 cm³/mol. The molecule has 1 aliphatic rings. The number of hydrogen-bond donors (Lipinski definition) is 1. The summed E-state index contributed by atoms with van der Waals surface area (Å²) in [6, 6.07) is 8.33. The van der Waals surface area contributed by atoms with E-state index in [1.165, 1.54) is 44.4 Å². The first-order valence-corrected chi connectivity index (χ1v) is 8.23. The van der Waals surface area contributed by atoms with Crippen LogP contribution in [0.3, 0.4) is 0 Å². The molecule has 0 unspecified atom stereocenters. The maximum absolute atomic E-state index is 13.2. The van der Waals surface area contributed by atoms with Gasteiger partial charge in [-0.2, -0.15) is 0 Å². The number of fused-ring (bicyclic) bond motifs is 1. The SMILES string of the molecule is COc1cc(C(=O)O[C@@H](C)C(=O)Nc2cccc(F)c2)cc2c1OCCO2. The summed E-state index contributed by atoms with van der Waals surface area (Å²) in [6.45, 7) is 2.15. The quantitative estimate of drug-likeness (QED) is 0.809. The molecule has 0 saturated heterocycles. The standard InChI is InChI=1S/C19H18FNO6/c1-11(18(22)21-14-5-3-4-13(20)10-14)27-19(23)12-8-15(24-2)17-16(9-12)25-6-7-26-17/h3-5,8-11H,6-7H2,1-2H3,(H,21,22)/t11-/m0/s1. The van der Waals surface area contributed by atoms with Gasteiger partial charge < -0.3 is 24.3 Å². The van der Waals surface area contributed by atoms with Gasteiger partial charge in [0.15, 0.2) is 17.6 Å². The van der Waals surface area contributed by atoms with Gasteiger partial charge in [-0.05, 0) is 37.3 Å². The number of carbonyl (C=O) groups is 2. The molecule has 2 aromatic carbocycles. The van der Waals surface area contributed by atoms with Crippen molar-refractivity contribution in [1.29, 1.82) is 0 Å². The third-order valence-electron chi connectivity index (χ3n) is 3.81. The number of methoxy groups -OCH3 is 1. The molecule has 7 nitrogen and oxygen atoms in total. The number of hydrogen-bond acceptors (Lipinski definition) is 6. The average molecular weight is 375 g/mol. The average Bonchev–Trinajstić information content (AvgIpc) is 2.66. The molecule has 1 atom stereocenters. The number of carbonyl (C=O) groups excluding carboxylic acids is 2. The van der Waals surface area contributed by atoms with E-state index in [1.54, 1.807) is 0 Å². The van der Waals surface area contributed by atoms with E-state index < -0.39 is 23.8 Å². The molecule has 0 radical (unpaired) electrons. The molecule has 0 aliphatic carbocycles. The fraction of sp³-hybridized carbons (Fsp3) is 0.263. The highest BCUT2D eigenvalue weighted by molar-refractivity contribution is 5.97. The monoisotopic (exact) mass is 375 g/mol. The van der Waals surface area contributed by atoms with Crippen molar-refractivity contribution in [3.05, 3.63) is 47.8 Å². The van der Waals surface area contributed by atoms with Crippen molar-refractivity contribution in [3.63, 3.8) is 0 Å². The van der Waals surface area contributed by atoms with Gasteiger partial charge in [-0.3, -0.25) is 4.79 Å². The van der Waals surface area contributed by atoms with Crippen molar-refractivity contribution in [2.24, 2.45) is 0 Å². The van der Waals surface area contributed by atoms with E-state index in [-0.39, 0.29) is 11.3 Å². The molecule has 0 spiro atoms. The van der Waals surface area contributed by atoms with E-state index in [9.17, 15) is 14.0 Å². The van der Waals surface area contributed by atoms with Gasteiger partial charge >= 0.3 is 5.97 Å². The third kappa shape index (κ3) is 4.28. The maximum atomic E-state index is 13.2. The Kier molecular flexibility index (Phi) is 5.44. The zero-order chi connectivity index (χ0) is 19.4. The van der Waals surface area contributed by atoms with E-state index in [4.69, 9.17) is 18.9 Å². The highest BCUT2D eigenvalue weighted by Crippen LogP contribution is 2.40. The fourth-order valence-electron chi connectivity index (χ4n) is 2.48. The molecule has 1 amide bonds. The lowest BCUT2D eigenvalue weighted by atomic mass is 10.1. The van der Waals surface area contributed by atoms with Gasteiger partial charge in [-0.15, -0.1) is 0 Å². The summed E-state index contributed by atoms with van der Waals surface area (Å²) in [6.07, 6.45) is -1.10. The number of halogens is 1. The van der Waals surface area contributed by atoms with E-state index >= 15 is 0 Å². The Bertz CT molecular complexity index is 852. The fourth-order valence-corrected chi connectivity index (χ4v) is 2.48. The van der Waals surface area contributed by atoms with Gasteiger partial charge in [0.1, 0.15) is 19.0 Å². The number of nitrogens with one attached hydrogen (secondary N) is 1. The van der Waals surface area contributed by atoms with Crippen LogP contribution in [0.5, 0.6) is 17.2 Å². The minimum absolute atomic E-state index is 0.154. The Hall–Kier alpha value is -3.29. The molecule has 0 bridgehead atoms.